The average Bonchev–Trinajstić information content (AvgIpc) is 1.86. The van der Waals surface area contributed by atoms with Crippen LogP contribution in [0.1, 0.15) is 6.92 Å². The minimum Gasteiger partial charge on any atom is -0.323 e. The molecular weight excluding hydrogens is 132 g/mol. The monoisotopic (exact) mass is 150 g/mol. The highest BCUT2D eigenvalue weighted by atomic mass is 32.3. The van der Waals surface area contributed by atoms with Crippen molar-refractivity contribution in [1.82, 2.24) is 5.32 Å². The van der Waals surface area contributed by atoms with Crippen LogP contribution in [0, 0.1) is 0 Å². The van der Waals surface area contributed by atoms with E-state index in [1.165, 1.54) is 0 Å². The van der Waals surface area contributed by atoms with Gasteiger partial charge in [-0.05, 0) is 26.5 Å². The van der Waals surface area contributed by atoms with Crippen LogP contribution in [0.4, 0.5) is 0 Å². The molecular formula is C6H18N2S. The van der Waals surface area contributed by atoms with Crippen molar-refractivity contribution in [2.45, 2.75) is 12.3 Å². The summed E-state index contributed by atoms with van der Waals surface area (Å²) in [6.45, 7) is 2.18. The first-order valence-corrected chi connectivity index (χ1v) is 5.80. The van der Waals surface area contributed by atoms with Gasteiger partial charge in [0.1, 0.15) is 0 Å². The third-order valence-electron chi connectivity index (χ3n) is 1.79. The summed E-state index contributed by atoms with van der Waals surface area (Å²) in [6, 6.07) is 0. The molecule has 0 saturated heterocycles. The number of nitrogens with one attached hydrogen (secondary N) is 1. The summed E-state index contributed by atoms with van der Waals surface area (Å²) in [5.74, 6) is 0.814. The Kier molecular flexibility index (Phi) is 3.54. The number of rotatable bonds is 3. The van der Waals surface area contributed by atoms with E-state index < -0.39 is 10.0 Å². The van der Waals surface area contributed by atoms with E-state index in [9.17, 15) is 0 Å². The third-order valence-corrected chi connectivity index (χ3v) is 4.80. The van der Waals surface area contributed by atoms with Gasteiger partial charge in [0.15, 0.2) is 0 Å². The van der Waals surface area contributed by atoms with Gasteiger partial charge in [-0.15, -0.1) is 0 Å². The van der Waals surface area contributed by atoms with Gasteiger partial charge in [-0.3, -0.25) is 0 Å². The molecule has 3 N–H and O–H groups in total. The van der Waals surface area contributed by atoms with Crippen LogP contribution in [0.2, 0.25) is 0 Å². The maximum Gasteiger partial charge on any atom is 0.0351 e. The molecule has 0 aliphatic heterocycles. The van der Waals surface area contributed by atoms with Crippen molar-refractivity contribution in [3.05, 3.63) is 0 Å². The van der Waals surface area contributed by atoms with E-state index in [1.54, 1.807) is 0 Å². The smallest absolute Gasteiger partial charge is 0.0351 e. The Balaban J connectivity index is 3.80. The van der Waals surface area contributed by atoms with Gasteiger partial charge in [0.05, 0.1) is 0 Å². The van der Waals surface area contributed by atoms with Crippen molar-refractivity contribution < 1.29 is 0 Å². The zero-order valence-electron chi connectivity index (χ0n) is 6.77. The van der Waals surface area contributed by atoms with Crippen LogP contribution in [-0.4, -0.2) is 30.8 Å². The van der Waals surface area contributed by atoms with Gasteiger partial charge in [0, 0.05) is 11.3 Å². The largest absolute Gasteiger partial charge is 0.323 e. The fraction of sp³-hybridized carbons (Fsp3) is 1.00. The molecule has 0 aliphatic carbocycles. The molecule has 2 nitrogen and oxygen atoms in total. The van der Waals surface area contributed by atoms with E-state index in [-0.39, 0.29) is 0 Å². The Morgan fingerprint density at radius 1 is 1.56 bits per heavy atom. The van der Waals surface area contributed by atoms with Gasteiger partial charge >= 0.3 is 0 Å². The van der Waals surface area contributed by atoms with E-state index in [1.807, 2.05) is 7.05 Å². The SMILES string of the molecule is CNC(C)S(C)(C)CN. The lowest BCUT2D eigenvalue weighted by molar-refractivity contribution is 0.795. The highest BCUT2D eigenvalue weighted by Crippen LogP contribution is 2.41. The normalized spacial score (nSPS) is 17.4. The molecule has 0 aromatic rings. The van der Waals surface area contributed by atoms with Crippen LogP contribution in [-0.2, 0) is 0 Å². The summed E-state index contributed by atoms with van der Waals surface area (Å²) in [4.78, 5) is 0. The predicted molar refractivity (Wildman–Crippen MR) is 47.0 cm³/mol. The molecule has 0 aromatic carbocycles. The molecule has 0 fully saturated rings. The van der Waals surface area contributed by atoms with Crippen LogP contribution < -0.4 is 11.1 Å². The second-order valence-electron chi connectivity index (χ2n) is 2.72. The van der Waals surface area contributed by atoms with E-state index in [4.69, 9.17) is 5.73 Å². The highest BCUT2D eigenvalue weighted by Gasteiger charge is 2.15. The Morgan fingerprint density at radius 2 is 2.00 bits per heavy atom. The van der Waals surface area contributed by atoms with E-state index in [0.29, 0.717) is 5.37 Å². The average molecular weight is 150 g/mol. The second-order valence-corrected chi connectivity index (χ2v) is 7.01. The lowest BCUT2D eigenvalue weighted by Crippen LogP contribution is -2.30. The minimum absolute atomic E-state index is 0.572. The number of hydrogen-bond acceptors (Lipinski definition) is 2. The maximum atomic E-state index is 5.58. The van der Waals surface area contributed by atoms with E-state index >= 15 is 0 Å². The predicted octanol–water partition coefficient (Wildman–Crippen LogP) is 0.532. The number of hydrogen-bond donors (Lipinski definition) is 2. The fourth-order valence-electron chi connectivity index (χ4n) is 0.463. The lowest BCUT2D eigenvalue weighted by Gasteiger charge is -2.35. The van der Waals surface area contributed by atoms with Gasteiger partial charge in [0.2, 0.25) is 0 Å². The van der Waals surface area contributed by atoms with Gasteiger partial charge in [-0.25, -0.2) is 10.0 Å². The van der Waals surface area contributed by atoms with E-state index in [2.05, 4.69) is 24.8 Å². The molecule has 3 heteroatoms. The minimum atomic E-state index is -0.582. The van der Waals surface area contributed by atoms with Crippen LogP contribution in [0.3, 0.4) is 0 Å². The molecule has 0 bridgehead atoms. The molecule has 9 heavy (non-hydrogen) atoms. The first kappa shape index (κ1) is 9.27. The van der Waals surface area contributed by atoms with Crippen molar-refractivity contribution in [1.29, 1.82) is 0 Å². The highest BCUT2D eigenvalue weighted by molar-refractivity contribution is 8.33. The zero-order valence-corrected chi connectivity index (χ0v) is 7.59. The van der Waals surface area contributed by atoms with Crippen molar-refractivity contribution in [3.8, 4) is 0 Å². The van der Waals surface area contributed by atoms with Gasteiger partial charge in [-0.2, -0.15) is 0 Å². The van der Waals surface area contributed by atoms with Crippen LogP contribution >= 0.6 is 10.0 Å². The molecule has 1 unspecified atom stereocenters. The van der Waals surface area contributed by atoms with Crippen LogP contribution in [0.25, 0.3) is 0 Å². The number of nitrogens with two attached hydrogens (primary N) is 1. The van der Waals surface area contributed by atoms with Crippen LogP contribution in [0.15, 0.2) is 0 Å². The molecule has 0 radical (unpaired) electrons. The van der Waals surface area contributed by atoms with E-state index in [0.717, 1.165) is 5.88 Å². The Hall–Kier alpha value is 0.270. The van der Waals surface area contributed by atoms with Gasteiger partial charge in [-0.1, -0.05) is 0 Å². The van der Waals surface area contributed by atoms with Crippen molar-refractivity contribution >= 4 is 10.0 Å². The fourth-order valence-corrected chi connectivity index (χ4v) is 1.39. The summed E-state index contributed by atoms with van der Waals surface area (Å²) in [5.41, 5.74) is 5.58. The van der Waals surface area contributed by atoms with Crippen LogP contribution in [0.5, 0.6) is 0 Å². The van der Waals surface area contributed by atoms with Crippen molar-refractivity contribution in [3.63, 3.8) is 0 Å². The maximum absolute atomic E-state index is 5.58. The third kappa shape index (κ3) is 2.56. The Morgan fingerprint density at radius 3 is 2.11 bits per heavy atom. The molecule has 0 aliphatic rings. The molecule has 0 heterocycles. The summed E-state index contributed by atoms with van der Waals surface area (Å²) < 4.78 is 0. The quantitative estimate of drug-likeness (QED) is 0.616. The lowest BCUT2D eigenvalue weighted by atomic mass is 10.8. The molecule has 0 saturated carbocycles. The zero-order chi connectivity index (χ0) is 7.49. The van der Waals surface area contributed by atoms with Gasteiger partial charge < -0.3 is 11.1 Å². The molecule has 0 spiro atoms. The Bertz CT molecular complexity index is 83.1. The second kappa shape index (κ2) is 3.44. The molecule has 0 amide bonds. The molecule has 1 atom stereocenters. The first-order chi connectivity index (χ1) is 4.04. The van der Waals surface area contributed by atoms with Gasteiger partial charge in [0.25, 0.3) is 0 Å². The molecule has 0 aromatic heterocycles. The van der Waals surface area contributed by atoms with Crippen molar-refractivity contribution in [2.24, 2.45) is 5.73 Å². The summed E-state index contributed by atoms with van der Waals surface area (Å²) in [7, 11) is 1.40. The topological polar surface area (TPSA) is 38.0 Å². The molecule has 0 rings (SSSR count). The summed E-state index contributed by atoms with van der Waals surface area (Å²) in [5, 5.41) is 3.78. The Labute approximate surface area is 59.5 Å². The summed E-state index contributed by atoms with van der Waals surface area (Å²) >= 11 is 0. The summed E-state index contributed by atoms with van der Waals surface area (Å²) in [6.07, 6.45) is 4.49. The molecule has 58 valence electrons. The van der Waals surface area contributed by atoms with Crippen molar-refractivity contribution in [2.75, 3.05) is 25.4 Å². The standard InChI is InChI=1S/C6H18N2S/c1-6(8-2)9(3,4)5-7/h6,8H,5,7H2,1-4H3. The first-order valence-electron chi connectivity index (χ1n) is 3.12.